The van der Waals surface area contributed by atoms with Gasteiger partial charge in [-0.05, 0) is 41.8 Å². The molecule has 22 heavy (non-hydrogen) atoms. The Hall–Kier alpha value is -2.56. The molecule has 116 valence electrons. The van der Waals surface area contributed by atoms with Gasteiger partial charge in [-0.15, -0.1) is 0 Å². The van der Waals surface area contributed by atoms with E-state index in [0.29, 0.717) is 30.9 Å². The predicted molar refractivity (Wildman–Crippen MR) is 84.0 cm³/mol. The number of hydrogen-bond acceptors (Lipinski definition) is 4. The third kappa shape index (κ3) is 4.48. The summed E-state index contributed by atoms with van der Waals surface area (Å²) < 4.78 is 10.5. The summed E-state index contributed by atoms with van der Waals surface area (Å²) in [6, 6.07) is 9.46. The van der Waals surface area contributed by atoms with Crippen molar-refractivity contribution in [3.05, 3.63) is 53.9 Å². The SMILES string of the molecule is COc1ccc(CCC(=O)NCc2ccncc2)cc1OC. The first-order chi connectivity index (χ1) is 10.7. The number of aryl methyl sites for hydroxylation is 1. The lowest BCUT2D eigenvalue weighted by atomic mass is 10.1. The van der Waals surface area contributed by atoms with Crippen molar-refractivity contribution in [3.63, 3.8) is 0 Å². The number of ether oxygens (including phenoxy) is 2. The van der Waals surface area contributed by atoms with Crippen molar-refractivity contribution in [2.45, 2.75) is 19.4 Å². The zero-order valence-corrected chi connectivity index (χ0v) is 12.8. The molecular weight excluding hydrogens is 280 g/mol. The van der Waals surface area contributed by atoms with Gasteiger partial charge in [0.25, 0.3) is 0 Å². The van der Waals surface area contributed by atoms with E-state index in [0.717, 1.165) is 11.1 Å². The van der Waals surface area contributed by atoms with Crippen LogP contribution in [0.4, 0.5) is 0 Å². The van der Waals surface area contributed by atoms with E-state index in [2.05, 4.69) is 10.3 Å². The average Bonchev–Trinajstić information content (AvgIpc) is 2.58. The van der Waals surface area contributed by atoms with Gasteiger partial charge in [-0.1, -0.05) is 6.07 Å². The number of methoxy groups -OCH3 is 2. The largest absolute Gasteiger partial charge is 0.493 e. The molecule has 0 fully saturated rings. The summed E-state index contributed by atoms with van der Waals surface area (Å²) in [7, 11) is 3.20. The molecule has 0 aliphatic heterocycles. The smallest absolute Gasteiger partial charge is 0.220 e. The fraction of sp³-hybridized carbons (Fsp3) is 0.294. The summed E-state index contributed by atoms with van der Waals surface area (Å²) in [5.41, 5.74) is 2.08. The molecule has 0 saturated heterocycles. The van der Waals surface area contributed by atoms with Gasteiger partial charge < -0.3 is 14.8 Å². The van der Waals surface area contributed by atoms with E-state index in [1.165, 1.54) is 0 Å². The lowest BCUT2D eigenvalue weighted by Gasteiger charge is -2.09. The van der Waals surface area contributed by atoms with Crippen molar-refractivity contribution in [2.24, 2.45) is 0 Å². The Bertz CT molecular complexity index is 615. The quantitative estimate of drug-likeness (QED) is 0.852. The zero-order chi connectivity index (χ0) is 15.8. The van der Waals surface area contributed by atoms with Crippen LogP contribution in [0.25, 0.3) is 0 Å². The number of rotatable bonds is 7. The topological polar surface area (TPSA) is 60.5 Å². The third-order valence-corrected chi connectivity index (χ3v) is 3.33. The molecule has 0 unspecified atom stereocenters. The molecule has 5 heteroatoms. The molecule has 2 rings (SSSR count). The van der Waals surface area contributed by atoms with Crippen LogP contribution in [-0.2, 0) is 17.8 Å². The maximum Gasteiger partial charge on any atom is 0.220 e. The summed E-state index contributed by atoms with van der Waals surface area (Å²) in [6.45, 7) is 0.521. The highest BCUT2D eigenvalue weighted by molar-refractivity contribution is 5.76. The molecule has 5 nitrogen and oxygen atoms in total. The van der Waals surface area contributed by atoms with E-state index >= 15 is 0 Å². The van der Waals surface area contributed by atoms with E-state index in [1.54, 1.807) is 26.6 Å². The predicted octanol–water partition coefficient (Wildman–Crippen LogP) is 2.35. The minimum atomic E-state index is 0.0200. The summed E-state index contributed by atoms with van der Waals surface area (Å²) in [5.74, 6) is 1.39. The minimum Gasteiger partial charge on any atom is -0.493 e. The van der Waals surface area contributed by atoms with Crippen LogP contribution in [0.15, 0.2) is 42.7 Å². The third-order valence-electron chi connectivity index (χ3n) is 3.33. The number of carbonyl (C=O) groups is 1. The van der Waals surface area contributed by atoms with Crippen LogP contribution < -0.4 is 14.8 Å². The first-order valence-corrected chi connectivity index (χ1v) is 7.09. The number of carbonyl (C=O) groups excluding carboxylic acids is 1. The van der Waals surface area contributed by atoms with Gasteiger partial charge in [-0.25, -0.2) is 0 Å². The van der Waals surface area contributed by atoms with Gasteiger partial charge in [-0.2, -0.15) is 0 Å². The van der Waals surface area contributed by atoms with Gasteiger partial charge in [0.2, 0.25) is 5.91 Å². The van der Waals surface area contributed by atoms with Crippen LogP contribution in [-0.4, -0.2) is 25.1 Å². The summed E-state index contributed by atoms with van der Waals surface area (Å²) in [4.78, 5) is 15.8. The first kappa shape index (κ1) is 15.8. The molecule has 0 radical (unpaired) electrons. The maximum absolute atomic E-state index is 11.9. The van der Waals surface area contributed by atoms with Crippen LogP contribution in [0.1, 0.15) is 17.5 Å². The van der Waals surface area contributed by atoms with E-state index in [1.807, 2.05) is 30.3 Å². The molecule has 1 aromatic heterocycles. The second-order valence-corrected chi connectivity index (χ2v) is 4.82. The Morgan fingerprint density at radius 1 is 1.05 bits per heavy atom. The van der Waals surface area contributed by atoms with Gasteiger partial charge >= 0.3 is 0 Å². The number of nitrogens with zero attached hydrogens (tertiary/aromatic N) is 1. The second kappa shape index (κ2) is 8.02. The summed E-state index contributed by atoms with van der Waals surface area (Å²) in [6.07, 6.45) is 4.51. The Morgan fingerprint density at radius 2 is 1.77 bits per heavy atom. The number of amides is 1. The zero-order valence-electron chi connectivity index (χ0n) is 12.8. The standard InChI is InChI=1S/C17H20N2O3/c1-21-15-5-3-13(11-16(15)22-2)4-6-17(20)19-12-14-7-9-18-10-8-14/h3,5,7-11H,4,6,12H2,1-2H3,(H,19,20). The number of benzene rings is 1. The molecule has 0 aliphatic carbocycles. The maximum atomic E-state index is 11.9. The summed E-state index contributed by atoms with van der Waals surface area (Å²) in [5, 5.41) is 2.90. The number of hydrogen-bond donors (Lipinski definition) is 1. The Labute approximate surface area is 130 Å². The highest BCUT2D eigenvalue weighted by atomic mass is 16.5. The van der Waals surface area contributed by atoms with E-state index < -0.39 is 0 Å². The monoisotopic (exact) mass is 300 g/mol. The number of aromatic nitrogens is 1. The Kier molecular flexibility index (Phi) is 5.77. The molecule has 1 aromatic carbocycles. The Morgan fingerprint density at radius 3 is 2.45 bits per heavy atom. The molecule has 0 spiro atoms. The molecule has 2 aromatic rings. The van der Waals surface area contributed by atoms with Gasteiger partial charge in [0.05, 0.1) is 14.2 Å². The van der Waals surface area contributed by atoms with E-state index in [4.69, 9.17) is 9.47 Å². The first-order valence-electron chi connectivity index (χ1n) is 7.09. The minimum absolute atomic E-state index is 0.0200. The van der Waals surface area contributed by atoms with Crippen molar-refractivity contribution < 1.29 is 14.3 Å². The second-order valence-electron chi connectivity index (χ2n) is 4.82. The van der Waals surface area contributed by atoms with Gasteiger partial charge in [0.15, 0.2) is 11.5 Å². The van der Waals surface area contributed by atoms with Crippen LogP contribution >= 0.6 is 0 Å². The number of nitrogens with one attached hydrogen (secondary N) is 1. The molecule has 1 heterocycles. The normalized spacial score (nSPS) is 10.1. The fourth-order valence-electron chi connectivity index (χ4n) is 2.08. The van der Waals surface area contributed by atoms with Crippen molar-refractivity contribution in [2.75, 3.05) is 14.2 Å². The van der Waals surface area contributed by atoms with Crippen molar-refractivity contribution in [1.82, 2.24) is 10.3 Å². The van der Waals surface area contributed by atoms with Gasteiger partial charge in [-0.3, -0.25) is 9.78 Å². The van der Waals surface area contributed by atoms with Gasteiger partial charge in [0, 0.05) is 25.4 Å². The van der Waals surface area contributed by atoms with Gasteiger partial charge in [0.1, 0.15) is 0 Å². The molecule has 1 N–H and O–H groups in total. The van der Waals surface area contributed by atoms with Crippen molar-refractivity contribution >= 4 is 5.91 Å². The highest BCUT2D eigenvalue weighted by Crippen LogP contribution is 2.27. The molecule has 0 bridgehead atoms. The Balaban J connectivity index is 1.83. The molecular formula is C17H20N2O3. The number of pyridine rings is 1. The lowest BCUT2D eigenvalue weighted by molar-refractivity contribution is -0.121. The highest BCUT2D eigenvalue weighted by Gasteiger charge is 2.07. The fourth-order valence-corrected chi connectivity index (χ4v) is 2.08. The van der Waals surface area contributed by atoms with Crippen molar-refractivity contribution in [3.8, 4) is 11.5 Å². The van der Waals surface area contributed by atoms with Crippen LogP contribution in [0.5, 0.6) is 11.5 Å². The molecule has 0 aliphatic rings. The molecule has 1 amide bonds. The van der Waals surface area contributed by atoms with Crippen LogP contribution in [0.3, 0.4) is 0 Å². The van der Waals surface area contributed by atoms with E-state index in [9.17, 15) is 4.79 Å². The van der Waals surface area contributed by atoms with E-state index in [-0.39, 0.29) is 5.91 Å². The summed E-state index contributed by atoms with van der Waals surface area (Å²) >= 11 is 0. The average molecular weight is 300 g/mol. The lowest BCUT2D eigenvalue weighted by Crippen LogP contribution is -2.22. The van der Waals surface area contributed by atoms with Crippen molar-refractivity contribution in [1.29, 1.82) is 0 Å². The molecule has 0 saturated carbocycles. The molecule has 0 atom stereocenters. The van der Waals surface area contributed by atoms with Crippen LogP contribution in [0, 0.1) is 0 Å². The van der Waals surface area contributed by atoms with Crippen LogP contribution in [0.2, 0.25) is 0 Å².